The quantitative estimate of drug-likeness (QED) is 0.731. The molecule has 1 N–H and O–H groups in total. The summed E-state index contributed by atoms with van der Waals surface area (Å²) in [6, 6.07) is 3.55. The van der Waals surface area contributed by atoms with Crippen molar-refractivity contribution in [1.29, 1.82) is 0 Å². The van der Waals surface area contributed by atoms with E-state index >= 15 is 0 Å². The van der Waals surface area contributed by atoms with E-state index in [-0.39, 0.29) is 23.7 Å². The van der Waals surface area contributed by atoms with Gasteiger partial charge in [0.25, 0.3) is 0 Å². The van der Waals surface area contributed by atoms with Crippen LogP contribution in [-0.4, -0.2) is 37.4 Å². The normalized spacial score (nSPS) is 19.4. The molecule has 1 fully saturated rings. The summed E-state index contributed by atoms with van der Waals surface area (Å²) in [6.07, 6.45) is 5.12. The number of amides is 2. The van der Waals surface area contributed by atoms with E-state index in [1.54, 1.807) is 13.2 Å². The second kappa shape index (κ2) is 9.98. The highest BCUT2D eigenvalue weighted by Crippen LogP contribution is 2.34. The van der Waals surface area contributed by atoms with Gasteiger partial charge in [-0.05, 0) is 50.7 Å². The molecule has 0 spiro atoms. The number of anilines is 1. The van der Waals surface area contributed by atoms with E-state index < -0.39 is 0 Å². The molecular formula is C21H31ClN2O3. The van der Waals surface area contributed by atoms with E-state index in [1.165, 1.54) is 0 Å². The average Bonchev–Trinajstić information content (AvgIpc) is 2.68. The first kappa shape index (κ1) is 21.5. The standard InChI is InChI=1S/C21H31ClN2O3/c1-5-6-11-24(3)21(26)16-9-7-15(8-10-16)20(25)23-18-12-14(2)17(22)13-19(18)27-4/h12-13,15-16H,5-11H2,1-4H3,(H,23,25). The Morgan fingerprint density at radius 3 is 2.44 bits per heavy atom. The molecule has 1 aromatic carbocycles. The zero-order chi connectivity index (χ0) is 20.0. The van der Waals surface area contributed by atoms with Crippen LogP contribution in [0, 0.1) is 18.8 Å². The molecule has 0 aliphatic heterocycles. The zero-order valence-electron chi connectivity index (χ0n) is 16.8. The highest BCUT2D eigenvalue weighted by Gasteiger charge is 2.31. The van der Waals surface area contributed by atoms with Crippen LogP contribution in [0.25, 0.3) is 0 Å². The molecule has 27 heavy (non-hydrogen) atoms. The minimum absolute atomic E-state index is 0.0136. The van der Waals surface area contributed by atoms with Crippen molar-refractivity contribution in [3.63, 3.8) is 0 Å². The van der Waals surface area contributed by atoms with Gasteiger partial charge in [-0.3, -0.25) is 9.59 Å². The number of unbranched alkanes of at least 4 members (excludes halogenated alkanes) is 1. The lowest BCUT2D eigenvalue weighted by atomic mass is 9.81. The lowest BCUT2D eigenvalue weighted by Gasteiger charge is -2.30. The molecule has 1 aliphatic rings. The third kappa shape index (κ3) is 5.61. The number of hydrogen-bond donors (Lipinski definition) is 1. The van der Waals surface area contributed by atoms with Crippen LogP contribution in [0.3, 0.4) is 0 Å². The SMILES string of the molecule is CCCCN(C)C(=O)C1CCC(C(=O)Nc2cc(C)c(Cl)cc2OC)CC1. The molecule has 1 aromatic rings. The van der Waals surface area contributed by atoms with Crippen molar-refractivity contribution < 1.29 is 14.3 Å². The molecule has 0 heterocycles. The Kier molecular flexibility index (Phi) is 7.96. The largest absolute Gasteiger partial charge is 0.495 e. The summed E-state index contributed by atoms with van der Waals surface area (Å²) in [6.45, 7) is 4.83. The highest BCUT2D eigenvalue weighted by atomic mass is 35.5. The lowest BCUT2D eigenvalue weighted by Crippen LogP contribution is -2.37. The fraction of sp³-hybridized carbons (Fsp3) is 0.619. The Morgan fingerprint density at radius 1 is 1.22 bits per heavy atom. The van der Waals surface area contributed by atoms with Crippen molar-refractivity contribution in [3.05, 3.63) is 22.7 Å². The Labute approximate surface area is 167 Å². The summed E-state index contributed by atoms with van der Waals surface area (Å²) in [5.74, 6) is 0.733. The molecule has 5 nitrogen and oxygen atoms in total. The number of rotatable bonds is 7. The van der Waals surface area contributed by atoms with Gasteiger partial charge in [-0.2, -0.15) is 0 Å². The van der Waals surface area contributed by atoms with Crippen molar-refractivity contribution in [2.24, 2.45) is 11.8 Å². The first-order valence-electron chi connectivity index (χ1n) is 9.77. The molecule has 0 saturated heterocycles. The number of carbonyl (C=O) groups is 2. The van der Waals surface area contributed by atoms with E-state index in [0.29, 0.717) is 16.5 Å². The first-order chi connectivity index (χ1) is 12.9. The molecule has 6 heteroatoms. The molecule has 0 radical (unpaired) electrons. The molecule has 0 atom stereocenters. The molecule has 1 aliphatic carbocycles. The van der Waals surface area contributed by atoms with Crippen molar-refractivity contribution in [2.75, 3.05) is 26.0 Å². The summed E-state index contributed by atoms with van der Waals surface area (Å²) in [5, 5.41) is 3.58. The van der Waals surface area contributed by atoms with Crippen LogP contribution in [0.4, 0.5) is 5.69 Å². The molecule has 2 amide bonds. The second-order valence-electron chi connectivity index (χ2n) is 7.45. The number of aryl methyl sites for hydroxylation is 1. The minimum atomic E-state index is -0.0734. The van der Waals surface area contributed by atoms with Crippen LogP contribution in [0.5, 0.6) is 5.75 Å². The summed E-state index contributed by atoms with van der Waals surface area (Å²) in [4.78, 5) is 27.1. The van der Waals surface area contributed by atoms with Crippen LogP contribution < -0.4 is 10.1 Å². The monoisotopic (exact) mass is 394 g/mol. The summed E-state index contributed by atoms with van der Waals surface area (Å²) in [7, 11) is 3.44. The second-order valence-corrected chi connectivity index (χ2v) is 7.86. The van der Waals surface area contributed by atoms with Gasteiger partial charge in [0.1, 0.15) is 5.75 Å². The fourth-order valence-corrected chi connectivity index (χ4v) is 3.74. The van der Waals surface area contributed by atoms with Gasteiger partial charge in [0.05, 0.1) is 12.8 Å². The van der Waals surface area contributed by atoms with Gasteiger partial charge in [-0.1, -0.05) is 24.9 Å². The predicted octanol–water partition coefficient (Wildman–Crippen LogP) is 4.66. The average molecular weight is 395 g/mol. The van der Waals surface area contributed by atoms with E-state index in [0.717, 1.165) is 50.6 Å². The van der Waals surface area contributed by atoms with Crippen molar-refractivity contribution in [3.8, 4) is 5.75 Å². The fourth-order valence-electron chi connectivity index (χ4n) is 3.58. The van der Waals surface area contributed by atoms with Gasteiger partial charge in [0, 0.05) is 36.5 Å². The van der Waals surface area contributed by atoms with Crippen LogP contribution in [0.2, 0.25) is 5.02 Å². The molecule has 0 unspecified atom stereocenters. The third-order valence-electron chi connectivity index (χ3n) is 5.41. The number of halogens is 1. The molecule has 150 valence electrons. The maximum absolute atomic E-state index is 12.7. The van der Waals surface area contributed by atoms with Gasteiger partial charge >= 0.3 is 0 Å². The Balaban J connectivity index is 1.92. The molecular weight excluding hydrogens is 364 g/mol. The van der Waals surface area contributed by atoms with E-state index in [1.807, 2.05) is 24.9 Å². The van der Waals surface area contributed by atoms with Gasteiger partial charge in [-0.15, -0.1) is 0 Å². The molecule has 2 rings (SSSR count). The molecule has 0 bridgehead atoms. The number of nitrogens with one attached hydrogen (secondary N) is 1. The van der Waals surface area contributed by atoms with Crippen LogP contribution >= 0.6 is 11.6 Å². The number of methoxy groups -OCH3 is 1. The number of carbonyl (C=O) groups excluding carboxylic acids is 2. The van der Waals surface area contributed by atoms with E-state index in [2.05, 4.69) is 12.2 Å². The smallest absolute Gasteiger partial charge is 0.227 e. The Bertz CT molecular complexity index is 670. The summed E-state index contributed by atoms with van der Waals surface area (Å²) < 4.78 is 5.33. The van der Waals surface area contributed by atoms with Crippen molar-refractivity contribution in [1.82, 2.24) is 4.90 Å². The maximum Gasteiger partial charge on any atom is 0.227 e. The minimum Gasteiger partial charge on any atom is -0.495 e. The maximum atomic E-state index is 12.7. The van der Waals surface area contributed by atoms with Gasteiger partial charge in [-0.25, -0.2) is 0 Å². The highest BCUT2D eigenvalue weighted by molar-refractivity contribution is 6.31. The van der Waals surface area contributed by atoms with E-state index in [4.69, 9.17) is 16.3 Å². The van der Waals surface area contributed by atoms with Gasteiger partial charge in [0.2, 0.25) is 11.8 Å². The predicted molar refractivity (Wildman–Crippen MR) is 109 cm³/mol. The van der Waals surface area contributed by atoms with Crippen LogP contribution in [-0.2, 0) is 9.59 Å². The van der Waals surface area contributed by atoms with Gasteiger partial charge in [0.15, 0.2) is 0 Å². The number of benzene rings is 1. The molecule has 1 saturated carbocycles. The third-order valence-corrected chi connectivity index (χ3v) is 5.82. The first-order valence-corrected chi connectivity index (χ1v) is 10.1. The summed E-state index contributed by atoms with van der Waals surface area (Å²) in [5.41, 5.74) is 1.53. The topological polar surface area (TPSA) is 58.6 Å². The number of hydrogen-bond acceptors (Lipinski definition) is 3. The molecule has 0 aromatic heterocycles. The van der Waals surface area contributed by atoms with Crippen molar-refractivity contribution in [2.45, 2.75) is 52.4 Å². The summed E-state index contributed by atoms with van der Waals surface area (Å²) >= 11 is 6.12. The van der Waals surface area contributed by atoms with E-state index in [9.17, 15) is 9.59 Å². The Hall–Kier alpha value is -1.75. The van der Waals surface area contributed by atoms with Crippen molar-refractivity contribution >= 4 is 29.1 Å². The van der Waals surface area contributed by atoms with Gasteiger partial charge < -0.3 is 15.0 Å². The zero-order valence-corrected chi connectivity index (χ0v) is 17.6. The lowest BCUT2D eigenvalue weighted by molar-refractivity contribution is -0.136. The number of ether oxygens (including phenoxy) is 1. The van der Waals surface area contributed by atoms with Crippen LogP contribution in [0.15, 0.2) is 12.1 Å². The van der Waals surface area contributed by atoms with Crippen LogP contribution in [0.1, 0.15) is 51.0 Å². The Morgan fingerprint density at radius 2 is 1.85 bits per heavy atom. The number of nitrogens with zero attached hydrogens (tertiary/aromatic N) is 1.